The number of methoxy groups -OCH3 is 1. The number of piperidine rings is 1. The molecule has 2 N–H and O–H groups in total. The van der Waals surface area contributed by atoms with Crippen LogP contribution >= 0.6 is 11.3 Å². The quantitative estimate of drug-likeness (QED) is 0.847. The molecule has 5 nitrogen and oxygen atoms in total. The number of thiophene rings is 1. The number of ether oxygens (including phenoxy) is 1. The molecule has 0 bridgehead atoms. The number of nitrogens with zero attached hydrogens (tertiary/aromatic N) is 1. The third kappa shape index (κ3) is 3.81. The van der Waals surface area contributed by atoms with E-state index in [1.807, 2.05) is 23.6 Å². The highest BCUT2D eigenvalue weighted by molar-refractivity contribution is 7.13. The molecule has 0 aliphatic carbocycles. The zero-order chi connectivity index (χ0) is 18.6. The molecule has 1 fully saturated rings. The van der Waals surface area contributed by atoms with Gasteiger partial charge >= 0.3 is 0 Å². The predicted octanol–water partition coefficient (Wildman–Crippen LogP) is 2.70. The second kappa shape index (κ2) is 8.01. The number of hydrogen-bond donors (Lipinski definition) is 1. The molecule has 1 atom stereocenters. The van der Waals surface area contributed by atoms with Gasteiger partial charge in [-0.15, -0.1) is 11.3 Å². The largest absolute Gasteiger partial charge is 0.375 e. The smallest absolute Gasteiger partial charge is 0.248 e. The van der Waals surface area contributed by atoms with Crippen molar-refractivity contribution in [2.45, 2.75) is 19.3 Å². The lowest BCUT2D eigenvalue weighted by Crippen LogP contribution is -2.53. The van der Waals surface area contributed by atoms with Crippen LogP contribution in [0.4, 0.5) is 0 Å². The van der Waals surface area contributed by atoms with E-state index in [1.165, 1.54) is 12.0 Å². The fraction of sp³-hybridized carbons (Fsp3) is 0.400. The highest BCUT2D eigenvalue weighted by atomic mass is 32.1. The highest BCUT2D eigenvalue weighted by Gasteiger charge is 2.42. The van der Waals surface area contributed by atoms with Crippen LogP contribution in [0.2, 0.25) is 0 Å². The van der Waals surface area contributed by atoms with Crippen molar-refractivity contribution in [3.63, 3.8) is 0 Å². The van der Waals surface area contributed by atoms with Crippen LogP contribution in [0.15, 0.2) is 41.8 Å². The Hall–Kier alpha value is -2.18. The highest BCUT2D eigenvalue weighted by Crippen LogP contribution is 2.37. The lowest BCUT2D eigenvalue weighted by atomic mass is 9.73. The molecule has 2 aromatic rings. The van der Waals surface area contributed by atoms with E-state index < -0.39 is 5.41 Å². The lowest BCUT2D eigenvalue weighted by molar-refractivity contribution is -0.142. The summed E-state index contributed by atoms with van der Waals surface area (Å²) < 4.78 is 4.97. The third-order valence-corrected chi connectivity index (χ3v) is 5.96. The zero-order valence-electron chi connectivity index (χ0n) is 14.9. The first-order valence-corrected chi connectivity index (χ1v) is 9.62. The van der Waals surface area contributed by atoms with Crippen molar-refractivity contribution in [1.82, 2.24) is 4.90 Å². The summed E-state index contributed by atoms with van der Waals surface area (Å²) in [5.74, 6) is -0.433. The normalized spacial score (nSPS) is 20.1. The average Bonchev–Trinajstić information content (AvgIpc) is 3.17. The fourth-order valence-corrected chi connectivity index (χ4v) is 4.49. The second-order valence-corrected chi connectivity index (χ2v) is 7.76. The van der Waals surface area contributed by atoms with E-state index >= 15 is 0 Å². The first kappa shape index (κ1) is 18.6. The fourth-order valence-electron chi connectivity index (χ4n) is 3.70. The van der Waals surface area contributed by atoms with Crippen molar-refractivity contribution in [2.24, 2.45) is 11.1 Å². The summed E-state index contributed by atoms with van der Waals surface area (Å²) >= 11 is 1.67. The summed E-state index contributed by atoms with van der Waals surface area (Å²) in [6.07, 6.45) is 1.99. The van der Waals surface area contributed by atoms with Crippen molar-refractivity contribution < 1.29 is 14.3 Å². The van der Waals surface area contributed by atoms with Crippen LogP contribution in [0.25, 0.3) is 10.4 Å². The molecule has 3 rings (SSSR count). The van der Waals surface area contributed by atoms with Gasteiger partial charge in [0.05, 0.1) is 5.41 Å². The van der Waals surface area contributed by atoms with Crippen molar-refractivity contribution >= 4 is 23.2 Å². The summed E-state index contributed by atoms with van der Waals surface area (Å²) in [5, 5.41) is 2.04. The lowest BCUT2D eigenvalue weighted by Gasteiger charge is -2.41. The molecule has 2 heterocycles. The number of rotatable bonds is 6. The van der Waals surface area contributed by atoms with Gasteiger partial charge in [-0.3, -0.25) is 9.59 Å². The van der Waals surface area contributed by atoms with Crippen LogP contribution in [-0.4, -0.2) is 43.5 Å². The first-order chi connectivity index (χ1) is 12.6. The number of hydrogen-bond acceptors (Lipinski definition) is 4. The molecule has 0 radical (unpaired) electrons. The molecule has 1 aromatic heterocycles. The Morgan fingerprint density at radius 1 is 1.27 bits per heavy atom. The van der Waals surface area contributed by atoms with Gasteiger partial charge in [-0.25, -0.2) is 0 Å². The van der Waals surface area contributed by atoms with E-state index in [-0.39, 0.29) is 18.4 Å². The van der Waals surface area contributed by atoms with Gasteiger partial charge in [-0.2, -0.15) is 0 Å². The van der Waals surface area contributed by atoms with Gasteiger partial charge in [0.2, 0.25) is 11.8 Å². The standard InChI is InChI=1S/C20H24N2O3S/c1-25-13-18(23)22-10-5-9-20(14-22,19(21)24)12-15-6-2-3-7-16(15)17-8-4-11-26-17/h2-4,6-8,11H,5,9-10,12-14H2,1H3,(H2,21,24)/t20-/m1/s1. The van der Waals surface area contributed by atoms with Gasteiger partial charge in [-0.05, 0) is 41.8 Å². The van der Waals surface area contributed by atoms with E-state index in [0.29, 0.717) is 25.9 Å². The number of carbonyl (C=O) groups is 2. The Balaban J connectivity index is 1.90. The van der Waals surface area contributed by atoms with Gasteiger partial charge in [0.15, 0.2) is 0 Å². The Kier molecular flexibility index (Phi) is 5.74. The molecule has 2 amide bonds. The maximum atomic E-state index is 12.5. The van der Waals surface area contributed by atoms with E-state index in [1.54, 1.807) is 16.2 Å². The summed E-state index contributed by atoms with van der Waals surface area (Å²) in [4.78, 5) is 27.6. The predicted molar refractivity (Wildman–Crippen MR) is 103 cm³/mol. The zero-order valence-corrected chi connectivity index (χ0v) is 15.8. The van der Waals surface area contributed by atoms with Gasteiger partial charge in [-0.1, -0.05) is 30.3 Å². The molecule has 1 aromatic carbocycles. The van der Waals surface area contributed by atoms with Crippen molar-refractivity contribution in [3.05, 3.63) is 47.3 Å². The molecule has 0 spiro atoms. The summed E-state index contributed by atoms with van der Waals surface area (Å²) in [6.45, 7) is 1.02. The number of likely N-dealkylation sites (tertiary alicyclic amines) is 1. The minimum Gasteiger partial charge on any atom is -0.375 e. The minimum atomic E-state index is -0.741. The van der Waals surface area contributed by atoms with Gasteiger partial charge in [0, 0.05) is 25.1 Å². The molecule has 0 saturated carbocycles. The number of amides is 2. The molecule has 1 aliphatic rings. The number of nitrogens with two attached hydrogens (primary N) is 1. The van der Waals surface area contributed by atoms with Gasteiger partial charge in [0.25, 0.3) is 0 Å². The first-order valence-electron chi connectivity index (χ1n) is 8.74. The molecule has 1 saturated heterocycles. The maximum Gasteiger partial charge on any atom is 0.248 e. The molecular formula is C20H24N2O3S. The summed E-state index contributed by atoms with van der Waals surface area (Å²) in [6, 6.07) is 12.2. The molecule has 6 heteroatoms. The maximum absolute atomic E-state index is 12.5. The Bertz CT molecular complexity index is 775. The second-order valence-electron chi connectivity index (χ2n) is 6.81. The number of primary amides is 1. The molecule has 0 unspecified atom stereocenters. The average molecular weight is 372 g/mol. The number of benzene rings is 1. The van der Waals surface area contributed by atoms with Crippen LogP contribution in [0.5, 0.6) is 0 Å². The van der Waals surface area contributed by atoms with E-state index in [0.717, 1.165) is 17.5 Å². The van der Waals surface area contributed by atoms with Crippen molar-refractivity contribution in [3.8, 4) is 10.4 Å². The van der Waals surface area contributed by atoms with Crippen LogP contribution < -0.4 is 5.73 Å². The van der Waals surface area contributed by atoms with Crippen LogP contribution in [0.1, 0.15) is 18.4 Å². The van der Waals surface area contributed by atoms with E-state index in [4.69, 9.17) is 10.5 Å². The Labute approximate surface area is 157 Å². The van der Waals surface area contributed by atoms with E-state index in [9.17, 15) is 9.59 Å². The minimum absolute atomic E-state index is 0.0284. The molecule has 138 valence electrons. The van der Waals surface area contributed by atoms with Crippen LogP contribution in [0.3, 0.4) is 0 Å². The van der Waals surface area contributed by atoms with Crippen LogP contribution in [0, 0.1) is 5.41 Å². The SMILES string of the molecule is COCC(=O)N1CCC[C@](Cc2ccccc2-c2cccs2)(C(N)=O)C1. The van der Waals surface area contributed by atoms with Gasteiger partial charge < -0.3 is 15.4 Å². The number of carbonyl (C=O) groups excluding carboxylic acids is 2. The van der Waals surface area contributed by atoms with Crippen LogP contribution in [-0.2, 0) is 20.7 Å². The van der Waals surface area contributed by atoms with E-state index in [2.05, 4.69) is 18.2 Å². The molecular weight excluding hydrogens is 348 g/mol. The topological polar surface area (TPSA) is 72.6 Å². The Morgan fingerprint density at radius 3 is 2.77 bits per heavy atom. The third-order valence-electron chi connectivity index (χ3n) is 5.05. The van der Waals surface area contributed by atoms with Crippen molar-refractivity contribution in [1.29, 1.82) is 0 Å². The van der Waals surface area contributed by atoms with Crippen molar-refractivity contribution in [2.75, 3.05) is 26.8 Å². The molecule has 1 aliphatic heterocycles. The molecule has 26 heavy (non-hydrogen) atoms. The summed E-state index contributed by atoms with van der Waals surface area (Å²) in [5.41, 5.74) is 7.33. The summed E-state index contributed by atoms with van der Waals surface area (Å²) in [7, 11) is 1.50. The van der Waals surface area contributed by atoms with Gasteiger partial charge in [0.1, 0.15) is 6.61 Å². The Morgan fingerprint density at radius 2 is 2.08 bits per heavy atom. The monoisotopic (exact) mass is 372 g/mol.